The van der Waals surface area contributed by atoms with Gasteiger partial charge in [0.25, 0.3) is 0 Å². The number of amides is 1. The number of carbonyl (C=O) groups is 1. The first-order chi connectivity index (χ1) is 15.7. The lowest BCUT2D eigenvalue weighted by Gasteiger charge is -2.12. The van der Waals surface area contributed by atoms with Crippen molar-refractivity contribution in [3.8, 4) is 5.82 Å². The zero-order valence-corrected chi connectivity index (χ0v) is 17.0. The maximum Gasteiger partial charge on any atom is 0.419 e. The van der Waals surface area contributed by atoms with Gasteiger partial charge in [-0.2, -0.15) is 13.2 Å². The number of aromatic nitrogens is 3. The van der Waals surface area contributed by atoms with Crippen LogP contribution < -0.4 is 5.32 Å². The van der Waals surface area contributed by atoms with Crippen molar-refractivity contribution in [1.29, 1.82) is 0 Å². The van der Waals surface area contributed by atoms with Gasteiger partial charge in [0.05, 0.1) is 42.8 Å². The molecule has 33 heavy (non-hydrogen) atoms. The number of rotatable bonds is 5. The van der Waals surface area contributed by atoms with E-state index >= 15 is 0 Å². The van der Waals surface area contributed by atoms with Gasteiger partial charge < -0.3 is 10.1 Å². The van der Waals surface area contributed by atoms with Crippen molar-refractivity contribution < 1.29 is 31.5 Å². The van der Waals surface area contributed by atoms with Crippen molar-refractivity contribution in [3.63, 3.8) is 0 Å². The van der Waals surface area contributed by atoms with Gasteiger partial charge in [-0.25, -0.2) is 18.7 Å². The molecule has 0 saturated heterocycles. The second kappa shape index (κ2) is 9.10. The van der Waals surface area contributed by atoms with Crippen LogP contribution in [0.3, 0.4) is 0 Å². The number of hydrogen-bond acceptors (Lipinski definition) is 4. The van der Waals surface area contributed by atoms with Gasteiger partial charge in [0.1, 0.15) is 12.1 Å². The maximum atomic E-state index is 14.6. The predicted octanol–water partition coefficient (Wildman–Crippen LogP) is 4.55. The minimum atomic E-state index is -4.88. The molecule has 0 fully saturated rings. The van der Waals surface area contributed by atoms with Crippen LogP contribution in [-0.2, 0) is 22.1 Å². The highest BCUT2D eigenvalue weighted by Gasteiger charge is 2.35. The van der Waals surface area contributed by atoms with Crippen molar-refractivity contribution >= 4 is 17.2 Å². The Morgan fingerprint density at radius 3 is 2.73 bits per heavy atom. The standard InChI is InChI=1S/C22H17F5N4O2/c23-17-9-15(30-19(32)8-14-2-1-3-16(20(14)24)22(25,26)27)10-28-21(17)31-11-18(29-12-31)13-4-6-33-7-5-13/h1-4,9-12H,5-8H2,(H,30,32). The van der Waals surface area contributed by atoms with Crippen LogP contribution in [0.25, 0.3) is 11.4 Å². The molecule has 0 spiro atoms. The summed E-state index contributed by atoms with van der Waals surface area (Å²) in [6, 6.07) is 3.70. The highest BCUT2D eigenvalue weighted by Crippen LogP contribution is 2.32. The molecule has 0 bridgehead atoms. The number of pyridine rings is 1. The third-order valence-corrected chi connectivity index (χ3v) is 4.96. The summed E-state index contributed by atoms with van der Waals surface area (Å²) in [7, 11) is 0. The lowest BCUT2D eigenvalue weighted by Crippen LogP contribution is -2.17. The Balaban J connectivity index is 1.46. The van der Waals surface area contributed by atoms with Gasteiger partial charge in [0, 0.05) is 12.3 Å². The summed E-state index contributed by atoms with van der Waals surface area (Å²) in [4.78, 5) is 20.5. The number of hydrogen-bond donors (Lipinski definition) is 1. The first kappa shape index (κ1) is 22.6. The quantitative estimate of drug-likeness (QED) is 0.563. The average molecular weight is 464 g/mol. The van der Waals surface area contributed by atoms with E-state index < -0.39 is 41.3 Å². The Hall–Kier alpha value is -3.60. The zero-order chi connectivity index (χ0) is 23.6. The van der Waals surface area contributed by atoms with E-state index in [1.54, 1.807) is 6.20 Å². The molecule has 1 amide bonds. The summed E-state index contributed by atoms with van der Waals surface area (Å²) in [5.74, 6) is -3.15. The topological polar surface area (TPSA) is 69.0 Å². The van der Waals surface area contributed by atoms with E-state index in [0.29, 0.717) is 31.4 Å². The van der Waals surface area contributed by atoms with Gasteiger partial charge in [-0.1, -0.05) is 18.2 Å². The molecule has 1 N–H and O–H groups in total. The monoisotopic (exact) mass is 464 g/mol. The molecule has 0 atom stereocenters. The van der Waals surface area contributed by atoms with Crippen molar-refractivity contribution in [3.05, 3.63) is 77.5 Å². The van der Waals surface area contributed by atoms with Gasteiger partial charge in [0.15, 0.2) is 11.6 Å². The smallest absolute Gasteiger partial charge is 0.377 e. The van der Waals surface area contributed by atoms with Gasteiger partial charge in [-0.05, 0) is 23.6 Å². The highest BCUT2D eigenvalue weighted by molar-refractivity contribution is 5.92. The third kappa shape index (κ3) is 5.08. The first-order valence-corrected chi connectivity index (χ1v) is 9.84. The molecule has 1 aromatic carbocycles. The first-order valence-electron chi connectivity index (χ1n) is 9.84. The summed E-state index contributed by atoms with van der Waals surface area (Å²) < 4.78 is 73.9. The molecular formula is C22H17F5N4O2. The molecule has 0 aliphatic carbocycles. The molecule has 3 heterocycles. The molecule has 4 rings (SSSR count). The lowest BCUT2D eigenvalue weighted by molar-refractivity contribution is -0.140. The van der Waals surface area contributed by atoms with Crippen LogP contribution in [0.15, 0.2) is 49.1 Å². The fourth-order valence-corrected chi connectivity index (χ4v) is 3.37. The Labute approximate surface area is 184 Å². The SMILES string of the molecule is O=C(Cc1cccc(C(F)(F)F)c1F)Nc1cnc(-n2cnc(C3=CCOCC3)c2)c(F)c1. The van der Waals surface area contributed by atoms with Crippen molar-refractivity contribution in [2.24, 2.45) is 0 Å². The number of alkyl halides is 3. The molecule has 11 heteroatoms. The number of nitrogens with zero attached hydrogens (tertiary/aromatic N) is 3. The number of benzene rings is 1. The molecule has 0 radical (unpaired) electrons. The predicted molar refractivity (Wildman–Crippen MR) is 108 cm³/mol. The van der Waals surface area contributed by atoms with E-state index in [2.05, 4.69) is 15.3 Å². The Morgan fingerprint density at radius 1 is 1.21 bits per heavy atom. The van der Waals surface area contributed by atoms with Crippen molar-refractivity contribution in [2.45, 2.75) is 19.0 Å². The van der Waals surface area contributed by atoms with Crippen LogP contribution in [0, 0.1) is 11.6 Å². The van der Waals surface area contributed by atoms with Crippen LogP contribution in [0.4, 0.5) is 27.6 Å². The zero-order valence-electron chi connectivity index (χ0n) is 17.0. The van der Waals surface area contributed by atoms with Crippen LogP contribution in [0.2, 0.25) is 0 Å². The van der Waals surface area contributed by atoms with E-state index in [0.717, 1.165) is 23.8 Å². The number of halogens is 5. The largest absolute Gasteiger partial charge is 0.419 e. The molecule has 172 valence electrons. The Morgan fingerprint density at radius 2 is 2.03 bits per heavy atom. The van der Waals surface area contributed by atoms with Crippen LogP contribution >= 0.6 is 0 Å². The number of carbonyl (C=O) groups excluding carboxylic acids is 1. The number of nitrogens with one attached hydrogen (secondary N) is 1. The van der Waals surface area contributed by atoms with E-state index in [-0.39, 0.29) is 11.5 Å². The summed E-state index contributed by atoms with van der Waals surface area (Å²) >= 11 is 0. The molecule has 0 unspecified atom stereocenters. The van der Waals surface area contributed by atoms with E-state index in [1.165, 1.54) is 17.1 Å². The lowest BCUT2D eigenvalue weighted by atomic mass is 10.1. The average Bonchev–Trinajstić information content (AvgIpc) is 3.25. The van der Waals surface area contributed by atoms with E-state index in [4.69, 9.17) is 4.74 Å². The van der Waals surface area contributed by atoms with Crippen molar-refractivity contribution in [2.75, 3.05) is 18.5 Å². The number of anilines is 1. The molecular weight excluding hydrogens is 447 g/mol. The fourth-order valence-electron chi connectivity index (χ4n) is 3.37. The van der Waals surface area contributed by atoms with Crippen LogP contribution in [-0.4, -0.2) is 33.7 Å². The minimum Gasteiger partial charge on any atom is -0.377 e. The van der Waals surface area contributed by atoms with Gasteiger partial charge in [0.2, 0.25) is 5.91 Å². The van der Waals surface area contributed by atoms with Crippen LogP contribution in [0.5, 0.6) is 0 Å². The molecule has 2 aromatic heterocycles. The summed E-state index contributed by atoms with van der Waals surface area (Å²) in [6.07, 6.45) is 1.25. The number of ether oxygens (including phenoxy) is 1. The molecule has 6 nitrogen and oxygen atoms in total. The summed E-state index contributed by atoms with van der Waals surface area (Å²) in [5.41, 5.74) is -0.269. The van der Waals surface area contributed by atoms with E-state index in [1.807, 2.05) is 6.08 Å². The van der Waals surface area contributed by atoms with Crippen LogP contribution in [0.1, 0.15) is 23.2 Å². The minimum absolute atomic E-state index is 0.0267. The summed E-state index contributed by atoms with van der Waals surface area (Å²) in [6.45, 7) is 1.05. The Kier molecular flexibility index (Phi) is 6.23. The fraction of sp³-hybridized carbons (Fsp3) is 0.227. The molecule has 1 aliphatic rings. The highest BCUT2D eigenvalue weighted by atomic mass is 19.4. The number of imidazole rings is 1. The maximum absolute atomic E-state index is 14.6. The van der Waals surface area contributed by atoms with Gasteiger partial charge in [-0.3, -0.25) is 9.36 Å². The Bertz CT molecular complexity index is 1220. The normalized spacial score (nSPS) is 14.2. The molecule has 1 aliphatic heterocycles. The van der Waals surface area contributed by atoms with Gasteiger partial charge >= 0.3 is 6.18 Å². The second-order valence-corrected chi connectivity index (χ2v) is 7.25. The van der Waals surface area contributed by atoms with Gasteiger partial charge in [-0.15, -0.1) is 0 Å². The third-order valence-electron chi connectivity index (χ3n) is 4.96. The van der Waals surface area contributed by atoms with Crippen molar-refractivity contribution in [1.82, 2.24) is 14.5 Å². The summed E-state index contributed by atoms with van der Waals surface area (Å²) in [5, 5.41) is 2.32. The molecule has 3 aromatic rings. The molecule has 0 saturated carbocycles. The second-order valence-electron chi connectivity index (χ2n) is 7.25. The van der Waals surface area contributed by atoms with E-state index in [9.17, 15) is 26.7 Å².